The topological polar surface area (TPSA) is 33.6 Å². The molecule has 0 aliphatic heterocycles. The highest BCUT2D eigenvalue weighted by atomic mass is 35.5. The largest absolute Gasteiger partial charge is 0.494 e. The van der Waals surface area contributed by atoms with E-state index in [2.05, 4.69) is 17.5 Å². The highest BCUT2D eigenvalue weighted by Gasteiger charge is 1.96. The smallest absolute Gasteiger partial charge is 0.119 e. The SMILES string of the molecule is CCCCOc1ccc(/C=N\Nc2ccccc2Cl)cc1. The number of para-hydroxylation sites is 1. The van der Waals surface area contributed by atoms with E-state index in [1.807, 2.05) is 48.5 Å². The Bertz CT molecular complexity index is 582. The van der Waals surface area contributed by atoms with Gasteiger partial charge in [0.1, 0.15) is 5.75 Å². The van der Waals surface area contributed by atoms with Crippen LogP contribution in [-0.4, -0.2) is 12.8 Å². The number of hydrazone groups is 1. The van der Waals surface area contributed by atoms with Crippen molar-refractivity contribution in [3.63, 3.8) is 0 Å². The molecule has 0 saturated heterocycles. The summed E-state index contributed by atoms with van der Waals surface area (Å²) in [6.45, 7) is 2.91. The molecular weight excluding hydrogens is 284 g/mol. The maximum atomic E-state index is 6.03. The van der Waals surface area contributed by atoms with E-state index in [1.165, 1.54) is 0 Å². The summed E-state index contributed by atoms with van der Waals surface area (Å²) in [5, 5.41) is 4.83. The lowest BCUT2D eigenvalue weighted by Gasteiger charge is -2.05. The number of ether oxygens (including phenoxy) is 1. The second-order valence-electron chi connectivity index (χ2n) is 4.62. The lowest BCUT2D eigenvalue weighted by atomic mass is 10.2. The van der Waals surface area contributed by atoms with Crippen molar-refractivity contribution in [2.45, 2.75) is 19.8 Å². The van der Waals surface area contributed by atoms with Gasteiger partial charge in [-0.05, 0) is 48.4 Å². The quantitative estimate of drug-likeness (QED) is 0.445. The van der Waals surface area contributed by atoms with Crippen molar-refractivity contribution in [2.24, 2.45) is 5.10 Å². The molecule has 0 aliphatic carbocycles. The van der Waals surface area contributed by atoms with Crippen LogP contribution < -0.4 is 10.2 Å². The van der Waals surface area contributed by atoms with E-state index < -0.39 is 0 Å². The number of anilines is 1. The fourth-order valence-electron chi connectivity index (χ4n) is 1.71. The zero-order chi connectivity index (χ0) is 14.9. The standard InChI is InChI=1S/C17H19ClN2O/c1-2-3-12-21-15-10-8-14(9-11-15)13-19-20-17-7-5-4-6-16(17)18/h4-11,13,20H,2-3,12H2,1H3/b19-13-. The van der Waals surface area contributed by atoms with E-state index >= 15 is 0 Å². The van der Waals surface area contributed by atoms with Crippen LogP contribution >= 0.6 is 11.6 Å². The number of nitrogens with one attached hydrogen (secondary N) is 1. The summed E-state index contributed by atoms with van der Waals surface area (Å²) < 4.78 is 5.61. The summed E-state index contributed by atoms with van der Waals surface area (Å²) in [6.07, 6.45) is 3.96. The first-order chi connectivity index (χ1) is 10.3. The molecule has 1 N–H and O–H groups in total. The normalized spacial score (nSPS) is 10.8. The van der Waals surface area contributed by atoms with Crippen molar-refractivity contribution in [2.75, 3.05) is 12.0 Å². The molecular formula is C17H19ClN2O. The fraction of sp³-hybridized carbons (Fsp3) is 0.235. The Kier molecular flexibility index (Phi) is 6.10. The number of unbranched alkanes of at least 4 members (excludes halogenated alkanes) is 1. The van der Waals surface area contributed by atoms with Gasteiger partial charge in [-0.15, -0.1) is 0 Å². The number of benzene rings is 2. The minimum atomic E-state index is 0.648. The Morgan fingerprint density at radius 1 is 1.14 bits per heavy atom. The lowest BCUT2D eigenvalue weighted by Crippen LogP contribution is -1.96. The van der Waals surface area contributed by atoms with Gasteiger partial charge in [0.25, 0.3) is 0 Å². The van der Waals surface area contributed by atoms with Crippen molar-refractivity contribution in [1.29, 1.82) is 0 Å². The molecule has 0 aliphatic rings. The molecule has 0 unspecified atom stereocenters. The van der Waals surface area contributed by atoms with Crippen molar-refractivity contribution < 1.29 is 4.74 Å². The molecule has 21 heavy (non-hydrogen) atoms. The van der Waals surface area contributed by atoms with E-state index in [-0.39, 0.29) is 0 Å². The third kappa shape index (κ3) is 5.12. The molecule has 0 radical (unpaired) electrons. The third-order valence-electron chi connectivity index (χ3n) is 2.92. The van der Waals surface area contributed by atoms with Crippen LogP contribution in [0.25, 0.3) is 0 Å². The molecule has 2 aromatic rings. The van der Waals surface area contributed by atoms with Crippen LogP contribution in [0.5, 0.6) is 5.75 Å². The van der Waals surface area contributed by atoms with Crippen LogP contribution in [0.15, 0.2) is 53.6 Å². The first-order valence-electron chi connectivity index (χ1n) is 7.06. The van der Waals surface area contributed by atoms with E-state index in [0.717, 1.165) is 36.4 Å². The molecule has 0 aromatic heterocycles. The van der Waals surface area contributed by atoms with Gasteiger partial charge in [-0.2, -0.15) is 5.10 Å². The van der Waals surface area contributed by atoms with Gasteiger partial charge < -0.3 is 4.74 Å². The molecule has 0 heterocycles. The minimum Gasteiger partial charge on any atom is -0.494 e. The van der Waals surface area contributed by atoms with Gasteiger partial charge in [-0.25, -0.2) is 0 Å². The lowest BCUT2D eigenvalue weighted by molar-refractivity contribution is 0.309. The maximum Gasteiger partial charge on any atom is 0.119 e. The van der Waals surface area contributed by atoms with Crippen molar-refractivity contribution >= 4 is 23.5 Å². The molecule has 110 valence electrons. The summed E-state index contributed by atoms with van der Waals surface area (Å²) in [7, 11) is 0. The second kappa shape index (κ2) is 8.32. The zero-order valence-electron chi connectivity index (χ0n) is 12.1. The average molecular weight is 303 g/mol. The summed E-state index contributed by atoms with van der Waals surface area (Å²) in [4.78, 5) is 0. The van der Waals surface area contributed by atoms with Gasteiger partial charge >= 0.3 is 0 Å². The zero-order valence-corrected chi connectivity index (χ0v) is 12.8. The molecule has 0 atom stereocenters. The number of nitrogens with zero attached hydrogens (tertiary/aromatic N) is 1. The first kappa shape index (κ1) is 15.4. The van der Waals surface area contributed by atoms with Crippen LogP contribution in [0.1, 0.15) is 25.3 Å². The molecule has 0 fully saturated rings. The number of hydrogen-bond donors (Lipinski definition) is 1. The van der Waals surface area contributed by atoms with Crippen molar-refractivity contribution in [3.05, 3.63) is 59.1 Å². The van der Waals surface area contributed by atoms with E-state index in [0.29, 0.717) is 5.02 Å². The molecule has 0 spiro atoms. The minimum absolute atomic E-state index is 0.648. The number of rotatable bonds is 7. The van der Waals surface area contributed by atoms with Crippen LogP contribution in [0.2, 0.25) is 5.02 Å². The Morgan fingerprint density at radius 2 is 1.90 bits per heavy atom. The van der Waals surface area contributed by atoms with Gasteiger partial charge in [-0.3, -0.25) is 5.43 Å². The molecule has 0 bridgehead atoms. The van der Waals surface area contributed by atoms with Gasteiger partial charge in [0.05, 0.1) is 23.5 Å². The third-order valence-corrected chi connectivity index (χ3v) is 3.25. The maximum absolute atomic E-state index is 6.03. The van der Waals surface area contributed by atoms with Crippen LogP contribution in [0.4, 0.5) is 5.69 Å². The second-order valence-corrected chi connectivity index (χ2v) is 5.03. The molecule has 4 heteroatoms. The Hall–Kier alpha value is -2.00. The molecule has 2 rings (SSSR count). The number of halogens is 1. The average Bonchev–Trinajstić information content (AvgIpc) is 2.51. The van der Waals surface area contributed by atoms with Crippen molar-refractivity contribution in [3.8, 4) is 5.75 Å². The Balaban J connectivity index is 1.88. The fourth-order valence-corrected chi connectivity index (χ4v) is 1.89. The molecule has 0 saturated carbocycles. The highest BCUT2D eigenvalue weighted by Crippen LogP contribution is 2.20. The predicted octanol–water partition coefficient (Wildman–Crippen LogP) is 4.96. The van der Waals surface area contributed by atoms with E-state index in [1.54, 1.807) is 6.21 Å². The van der Waals surface area contributed by atoms with Crippen LogP contribution in [-0.2, 0) is 0 Å². The van der Waals surface area contributed by atoms with Gasteiger partial charge in [0.2, 0.25) is 0 Å². The van der Waals surface area contributed by atoms with E-state index in [4.69, 9.17) is 16.3 Å². The van der Waals surface area contributed by atoms with Crippen molar-refractivity contribution in [1.82, 2.24) is 0 Å². The van der Waals surface area contributed by atoms with Gasteiger partial charge in [-0.1, -0.05) is 37.1 Å². The predicted molar refractivity (Wildman–Crippen MR) is 89.5 cm³/mol. The molecule has 0 amide bonds. The summed E-state index contributed by atoms with van der Waals surface area (Å²) in [5.41, 5.74) is 4.71. The highest BCUT2D eigenvalue weighted by molar-refractivity contribution is 6.33. The molecule has 2 aromatic carbocycles. The number of hydrogen-bond acceptors (Lipinski definition) is 3. The Labute approximate surface area is 130 Å². The first-order valence-corrected chi connectivity index (χ1v) is 7.44. The summed E-state index contributed by atoms with van der Waals surface area (Å²) in [5.74, 6) is 0.889. The summed E-state index contributed by atoms with van der Waals surface area (Å²) in [6, 6.07) is 15.3. The molecule has 3 nitrogen and oxygen atoms in total. The van der Waals surface area contributed by atoms with Gasteiger partial charge in [0, 0.05) is 0 Å². The van der Waals surface area contributed by atoms with E-state index in [9.17, 15) is 0 Å². The summed E-state index contributed by atoms with van der Waals surface area (Å²) >= 11 is 6.03. The van der Waals surface area contributed by atoms with Crippen LogP contribution in [0, 0.1) is 0 Å². The monoisotopic (exact) mass is 302 g/mol. The Morgan fingerprint density at radius 3 is 2.62 bits per heavy atom. The van der Waals surface area contributed by atoms with Crippen LogP contribution in [0.3, 0.4) is 0 Å². The van der Waals surface area contributed by atoms with Gasteiger partial charge in [0.15, 0.2) is 0 Å².